The summed E-state index contributed by atoms with van der Waals surface area (Å²) in [6.07, 6.45) is 1.75. The smallest absolute Gasteiger partial charge is 0.310 e. The molecule has 0 aliphatic carbocycles. The summed E-state index contributed by atoms with van der Waals surface area (Å²) < 4.78 is 10.3. The van der Waals surface area contributed by atoms with Crippen molar-refractivity contribution in [1.82, 2.24) is 10.2 Å². The van der Waals surface area contributed by atoms with Crippen LogP contribution < -0.4 is 10.1 Å². The standard InChI is InChI=1S/C18H27N3O4.HI/c1-4-25-17(23)13-6-5-9-21(12-13)18(19-2)20-11-14-10-15(24-3)7-8-16(14)22;/h7-8,10,13,22H,4-6,9,11-12H2,1-3H3,(H,19,20);1H. The molecule has 0 spiro atoms. The third kappa shape index (κ3) is 5.93. The average molecular weight is 477 g/mol. The number of piperidine rings is 1. The Morgan fingerprint density at radius 3 is 2.88 bits per heavy atom. The summed E-state index contributed by atoms with van der Waals surface area (Å²) in [7, 11) is 3.30. The van der Waals surface area contributed by atoms with E-state index in [1.54, 1.807) is 32.4 Å². The van der Waals surface area contributed by atoms with Crippen LogP contribution in [0.25, 0.3) is 0 Å². The normalized spacial score (nSPS) is 17.3. The van der Waals surface area contributed by atoms with Crippen LogP contribution in [-0.4, -0.2) is 55.8 Å². The predicted octanol–water partition coefficient (Wildman–Crippen LogP) is 2.37. The second kappa shape index (κ2) is 11.1. The SMILES string of the molecule is CCOC(=O)C1CCCN(C(=NC)NCc2cc(OC)ccc2O)C1.I. The molecule has 0 aromatic heterocycles. The number of nitrogens with zero attached hydrogens (tertiary/aromatic N) is 2. The quantitative estimate of drug-likeness (QED) is 0.293. The lowest BCUT2D eigenvalue weighted by Crippen LogP contribution is -2.48. The van der Waals surface area contributed by atoms with Crippen LogP contribution >= 0.6 is 24.0 Å². The number of carbonyl (C=O) groups excluding carboxylic acids is 1. The van der Waals surface area contributed by atoms with E-state index in [0.29, 0.717) is 31.4 Å². The number of ether oxygens (including phenoxy) is 2. The van der Waals surface area contributed by atoms with Crippen molar-refractivity contribution in [2.45, 2.75) is 26.3 Å². The monoisotopic (exact) mass is 477 g/mol. The van der Waals surface area contributed by atoms with Crippen LogP contribution in [0.4, 0.5) is 0 Å². The topological polar surface area (TPSA) is 83.4 Å². The van der Waals surface area contributed by atoms with Gasteiger partial charge in [0.15, 0.2) is 5.96 Å². The van der Waals surface area contributed by atoms with E-state index in [1.165, 1.54) is 0 Å². The Balaban J connectivity index is 0.00000338. The third-order valence-electron chi connectivity index (χ3n) is 4.28. The first-order valence-electron chi connectivity index (χ1n) is 8.57. The number of methoxy groups -OCH3 is 1. The number of hydrogen-bond donors (Lipinski definition) is 2. The van der Waals surface area contributed by atoms with Crippen LogP contribution in [0.3, 0.4) is 0 Å². The van der Waals surface area contributed by atoms with Crippen molar-refractivity contribution in [3.63, 3.8) is 0 Å². The molecular weight excluding hydrogens is 449 g/mol. The Labute approximate surface area is 171 Å². The number of hydrogen-bond acceptors (Lipinski definition) is 5. The first-order chi connectivity index (χ1) is 12.1. The van der Waals surface area contributed by atoms with Crippen molar-refractivity contribution in [3.8, 4) is 11.5 Å². The zero-order valence-electron chi connectivity index (χ0n) is 15.5. The van der Waals surface area contributed by atoms with Gasteiger partial charge in [0.05, 0.1) is 19.6 Å². The molecular formula is C18H28IN3O4. The van der Waals surface area contributed by atoms with Gasteiger partial charge in [-0.25, -0.2) is 0 Å². The molecule has 1 saturated heterocycles. The molecule has 0 saturated carbocycles. The van der Waals surface area contributed by atoms with E-state index in [9.17, 15) is 9.90 Å². The van der Waals surface area contributed by atoms with Gasteiger partial charge in [-0.1, -0.05) is 0 Å². The number of carbonyl (C=O) groups is 1. The fourth-order valence-electron chi connectivity index (χ4n) is 2.96. The van der Waals surface area contributed by atoms with Crippen molar-refractivity contribution in [2.24, 2.45) is 10.9 Å². The zero-order valence-corrected chi connectivity index (χ0v) is 17.9. The minimum atomic E-state index is -0.145. The highest BCUT2D eigenvalue weighted by Gasteiger charge is 2.28. The molecule has 1 aliphatic rings. The lowest BCUT2D eigenvalue weighted by atomic mass is 9.98. The number of halogens is 1. The van der Waals surface area contributed by atoms with E-state index in [0.717, 1.165) is 24.9 Å². The van der Waals surface area contributed by atoms with Crippen LogP contribution in [0.15, 0.2) is 23.2 Å². The lowest BCUT2D eigenvalue weighted by molar-refractivity contribution is -0.149. The number of rotatable bonds is 5. The van der Waals surface area contributed by atoms with Gasteiger partial charge in [0.1, 0.15) is 11.5 Å². The summed E-state index contributed by atoms with van der Waals surface area (Å²) >= 11 is 0. The van der Waals surface area contributed by atoms with Gasteiger partial charge in [-0.05, 0) is 38.0 Å². The van der Waals surface area contributed by atoms with Gasteiger partial charge >= 0.3 is 5.97 Å². The van der Waals surface area contributed by atoms with Crippen LogP contribution in [-0.2, 0) is 16.1 Å². The largest absolute Gasteiger partial charge is 0.508 e. The summed E-state index contributed by atoms with van der Waals surface area (Å²) in [5, 5.41) is 13.2. The van der Waals surface area contributed by atoms with Gasteiger partial charge in [-0.15, -0.1) is 24.0 Å². The number of likely N-dealkylation sites (tertiary alicyclic amines) is 1. The number of aliphatic imine (C=N–C) groups is 1. The van der Waals surface area contributed by atoms with Crippen LogP contribution in [0.1, 0.15) is 25.3 Å². The van der Waals surface area contributed by atoms with Crippen LogP contribution in [0, 0.1) is 5.92 Å². The number of aromatic hydroxyl groups is 1. The van der Waals surface area contributed by atoms with Crippen LogP contribution in [0.5, 0.6) is 11.5 Å². The molecule has 0 bridgehead atoms. The average Bonchev–Trinajstić information content (AvgIpc) is 2.64. The zero-order chi connectivity index (χ0) is 18.2. The first-order valence-corrected chi connectivity index (χ1v) is 8.57. The minimum Gasteiger partial charge on any atom is -0.508 e. The van der Waals surface area contributed by atoms with Crippen LogP contribution in [0.2, 0.25) is 0 Å². The fraction of sp³-hybridized carbons (Fsp3) is 0.556. The number of nitrogens with one attached hydrogen (secondary N) is 1. The molecule has 7 nitrogen and oxygen atoms in total. The summed E-state index contributed by atoms with van der Waals surface area (Å²) in [4.78, 5) is 18.4. The Morgan fingerprint density at radius 2 is 2.23 bits per heavy atom. The predicted molar refractivity (Wildman–Crippen MR) is 111 cm³/mol. The molecule has 2 N–H and O–H groups in total. The highest BCUT2D eigenvalue weighted by molar-refractivity contribution is 14.0. The molecule has 1 aliphatic heterocycles. The molecule has 26 heavy (non-hydrogen) atoms. The molecule has 146 valence electrons. The number of phenols is 1. The molecule has 1 aromatic carbocycles. The Bertz CT molecular complexity index is 624. The summed E-state index contributed by atoms with van der Waals surface area (Å²) in [5.74, 6) is 1.32. The van der Waals surface area contributed by atoms with Crippen molar-refractivity contribution in [1.29, 1.82) is 0 Å². The Kier molecular flexibility index (Phi) is 9.53. The fourth-order valence-corrected chi connectivity index (χ4v) is 2.96. The molecule has 1 aromatic rings. The highest BCUT2D eigenvalue weighted by atomic mass is 127. The van der Waals surface area contributed by atoms with Crippen molar-refractivity contribution in [3.05, 3.63) is 23.8 Å². The number of guanidine groups is 1. The van der Waals surface area contributed by atoms with Gasteiger partial charge in [-0.3, -0.25) is 9.79 Å². The summed E-state index contributed by atoms with van der Waals surface area (Å²) in [6.45, 7) is 4.05. The second-order valence-electron chi connectivity index (χ2n) is 5.93. The lowest BCUT2D eigenvalue weighted by Gasteiger charge is -2.34. The van der Waals surface area contributed by atoms with Gasteiger partial charge in [-0.2, -0.15) is 0 Å². The van der Waals surface area contributed by atoms with E-state index in [-0.39, 0.29) is 41.6 Å². The maximum Gasteiger partial charge on any atom is 0.310 e. The van der Waals surface area contributed by atoms with Crippen molar-refractivity contribution >= 4 is 35.9 Å². The molecule has 1 atom stereocenters. The van der Waals surface area contributed by atoms with E-state index in [1.807, 2.05) is 6.92 Å². The Morgan fingerprint density at radius 1 is 1.46 bits per heavy atom. The molecule has 0 amide bonds. The third-order valence-corrected chi connectivity index (χ3v) is 4.28. The Hall–Kier alpha value is -1.71. The molecule has 1 heterocycles. The minimum absolute atomic E-state index is 0. The molecule has 1 unspecified atom stereocenters. The number of benzene rings is 1. The van der Waals surface area contributed by atoms with E-state index >= 15 is 0 Å². The molecule has 1 fully saturated rings. The van der Waals surface area contributed by atoms with Gasteiger partial charge in [0.2, 0.25) is 0 Å². The summed E-state index contributed by atoms with van der Waals surface area (Å²) in [5.41, 5.74) is 0.722. The molecule has 0 radical (unpaired) electrons. The molecule has 2 rings (SSSR count). The van der Waals surface area contributed by atoms with E-state index < -0.39 is 0 Å². The van der Waals surface area contributed by atoms with Crippen molar-refractivity contribution < 1.29 is 19.4 Å². The molecule has 8 heteroatoms. The maximum atomic E-state index is 12.0. The van der Waals surface area contributed by atoms with Gasteiger partial charge in [0.25, 0.3) is 0 Å². The second-order valence-corrected chi connectivity index (χ2v) is 5.93. The summed E-state index contributed by atoms with van der Waals surface area (Å²) in [6, 6.07) is 5.10. The number of esters is 1. The number of phenolic OH excluding ortho intramolecular Hbond substituents is 1. The van der Waals surface area contributed by atoms with E-state index in [2.05, 4.69) is 15.2 Å². The maximum absolute atomic E-state index is 12.0. The van der Waals surface area contributed by atoms with E-state index in [4.69, 9.17) is 9.47 Å². The van der Waals surface area contributed by atoms with Gasteiger partial charge < -0.3 is 24.8 Å². The van der Waals surface area contributed by atoms with Crippen molar-refractivity contribution in [2.75, 3.05) is 33.9 Å². The van der Waals surface area contributed by atoms with Gasteiger partial charge in [0, 0.05) is 32.2 Å². The highest BCUT2D eigenvalue weighted by Crippen LogP contribution is 2.23. The first kappa shape index (κ1) is 22.3.